The number of likely N-dealkylation sites (N-methyl/N-ethyl adjacent to an activating group) is 1. The standard InChI is InChI=1S/C16H16ClN3O4/c1-20(16(22)13-8-23-9-19-13)5-4-18-15(21)12-7-24-14-3-2-10(17)6-11(12)14/h2-3,6,8-9,12H,4-5,7H2,1H3,(H,18,21). The van der Waals surface area contributed by atoms with Crippen LogP contribution in [0.25, 0.3) is 0 Å². The maximum Gasteiger partial charge on any atom is 0.275 e. The van der Waals surface area contributed by atoms with Crippen molar-refractivity contribution in [2.75, 3.05) is 26.7 Å². The number of carbonyl (C=O) groups is 2. The fourth-order valence-electron chi connectivity index (χ4n) is 2.49. The van der Waals surface area contributed by atoms with Crippen LogP contribution >= 0.6 is 11.6 Å². The first-order valence-corrected chi connectivity index (χ1v) is 7.77. The molecule has 0 spiro atoms. The van der Waals surface area contributed by atoms with Crippen LogP contribution in [0.3, 0.4) is 0 Å². The number of halogens is 1. The van der Waals surface area contributed by atoms with E-state index in [-0.39, 0.29) is 24.1 Å². The van der Waals surface area contributed by atoms with E-state index in [1.165, 1.54) is 17.6 Å². The van der Waals surface area contributed by atoms with Gasteiger partial charge in [0.25, 0.3) is 5.91 Å². The molecule has 3 rings (SSSR count). The van der Waals surface area contributed by atoms with Gasteiger partial charge in [-0.1, -0.05) is 11.6 Å². The van der Waals surface area contributed by atoms with E-state index in [2.05, 4.69) is 10.3 Å². The second kappa shape index (κ2) is 6.92. The largest absolute Gasteiger partial charge is 0.492 e. The van der Waals surface area contributed by atoms with Crippen LogP contribution in [0.2, 0.25) is 5.02 Å². The molecule has 0 saturated heterocycles. The van der Waals surface area contributed by atoms with Gasteiger partial charge in [-0.15, -0.1) is 0 Å². The number of rotatable bonds is 5. The van der Waals surface area contributed by atoms with Crippen molar-refractivity contribution in [2.24, 2.45) is 0 Å². The Morgan fingerprint density at radius 1 is 1.46 bits per heavy atom. The van der Waals surface area contributed by atoms with Gasteiger partial charge in [-0.05, 0) is 18.2 Å². The molecule has 2 heterocycles. The molecular weight excluding hydrogens is 334 g/mol. The second-order valence-electron chi connectivity index (χ2n) is 5.44. The Balaban J connectivity index is 1.52. The summed E-state index contributed by atoms with van der Waals surface area (Å²) in [6.45, 7) is 0.966. The minimum absolute atomic E-state index is 0.154. The van der Waals surface area contributed by atoms with Gasteiger partial charge >= 0.3 is 0 Å². The average molecular weight is 350 g/mol. The van der Waals surface area contributed by atoms with E-state index in [4.69, 9.17) is 20.8 Å². The third-order valence-corrected chi connectivity index (χ3v) is 4.05. The summed E-state index contributed by atoms with van der Waals surface area (Å²) < 4.78 is 10.3. The predicted octanol–water partition coefficient (Wildman–Crippen LogP) is 1.69. The molecule has 24 heavy (non-hydrogen) atoms. The van der Waals surface area contributed by atoms with Crippen LogP contribution in [-0.4, -0.2) is 48.4 Å². The molecule has 2 aromatic rings. The number of aromatic nitrogens is 1. The molecule has 1 aromatic heterocycles. The molecule has 1 aliphatic rings. The number of nitrogens with zero attached hydrogens (tertiary/aromatic N) is 2. The van der Waals surface area contributed by atoms with Crippen molar-refractivity contribution in [3.05, 3.63) is 47.1 Å². The fourth-order valence-corrected chi connectivity index (χ4v) is 2.67. The van der Waals surface area contributed by atoms with Crippen molar-refractivity contribution in [1.82, 2.24) is 15.2 Å². The molecule has 0 aliphatic carbocycles. The molecule has 1 aromatic carbocycles. The lowest BCUT2D eigenvalue weighted by molar-refractivity contribution is -0.122. The van der Waals surface area contributed by atoms with Crippen molar-refractivity contribution < 1.29 is 18.7 Å². The lowest BCUT2D eigenvalue weighted by Crippen LogP contribution is -2.38. The average Bonchev–Trinajstić information content (AvgIpc) is 3.23. The summed E-state index contributed by atoms with van der Waals surface area (Å²) in [5, 5.41) is 3.38. The monoisotopic (exact) mass is 349 g/mol. The van der Waals surface area contributed by atoms with Gasteiger partial charge in [-0.25, -0.2) is 4.98 Å². The first kappa shape index (κ1) is 16.3. The molecule has 1 atom stereocenters. The second-order valence-corrected chi connectivity index (χ2v) is 5.87. The van der Waals surface area contributed by atoms with Gasteiger partial charge in [-0.2, -0.15) is 0 Å². The molecule has 8 heteroatoms. The molecule has 2 amide bonds. The number of benzene rings is 1. The van der Waals surface area contributed by atoms with E-state index in [0.717, 1.165) is 5.56 Å². The molecule has 126 valence electrons. The van der Waals surface area contributed by atoms with E-state index < -0.39 is 5.92 Å². The summed E-state index contributed by atoms with van der Waals surface area (Å²) in [5.41, 5.74) is 1.02. The zero-order valence-electron chi connectivity index (χ0n) is 13.0. The number of amides is 2. The van der Waals surface area contributed by atoms with Gasteiger partial charge in [-0.3, -0.25) is 9.59 Å². The molecule has 7 nitrogen and oxygen atoms in total. The maximum atomic E-state index is 12.3. The summed E-state index contributed by atoms with van der Waals surface area (Å²) in [7, 11) is 1.64. The van der Waals surface area contributed by atoms with E-state index in [1.807, 2.05) is 0 Å². The van der Waals surface area contributed by atoms with E-state index >= 15 is 0 Å². The van der Waals surface area contributed by atoms with Crippen LogP contribution in [-0.2, 0) is 4.79 Å². The van der Waals surface area contributed by atoms with Gasteiger partial charge in [0.05, 0.1) is 0 Å². The van der Waals surface area contributed by atoms with Crippen LogP contribution in [0.1, 0.15) is 22.0 Å². The lowest BCUT2D eigenvalue weighted by Gasteiger charge is -2.17. The van der Waals surface area contributed by atoms with Crippen LogP contribution < -0.4 is 10.1 Å². The SMILES string of the molecule is CN(CCNC(=O)C1COc2ccc(Cl)cc21)C(=O)c1cocn1. The van der Waals surface area contributed by atoms with Gasteiger partial charge in [0.2, 0.25) is 5.91 Å². The number of ether oxygens (including phenoxy) is 1. The zero-order chi connectivity index (χ0) is 17.1. The van der Waals surface area contributed by atoms with E-state index in [1.54, 1.807) is 25.2 Å². The molecule has 0 bridgehead atoms. The highest BCUT2D eigenvalue weighted by atomic mass is 35.5. The topological polar surface area (TPSA) is 84.7 Å². The third kappa shape index (κ3) is 3.35. The van der Waals surface area contributed by atoms with Crippen molar-refractivity contribution in [2.45, 2.75) is 5.92 Å². The first-order valence-electron chi connectivity index (χ1n) is 7.40. The van der Waals surface area contributed by atoms with Crippen LogP contribution in [0.5, 0.6) is 5.75 Å². The Labute approximate surface area is 143 Å². The highest BCUT2D eigenvalue weighted by molar-refractivity contribution is 6.30. The summed E-state index contributed by atoms with van der Waals surface area (Å²) in [6.07, 6.45) is 2.49. The van der Waals surface area contributed by atoms with Gasteiger partial charge < -0.3 is 19.4 Å². The summed E-state index contributed by atoms with van der Waals surface area (Å²) in [6, 6.07) is 5.23. The molecule has 1 unspecified atom stereocenters. The van der Waals surface area contributed by atoms with Crippen LogP contribution in [0.15, 0.2) is 35.3 Å². The lowest BCUT2D eigenvalue weighted by atomic mass is 10.0. The minimum Gasteiger partial charge on any atom is -0.492 e. The number of hydrogen-bond acceptors (Lipinski definition) is 5. The highest BCUT2D eigenvalue weighted by Crippen LogP contribution is 2.35. The Kier molecular flexibility index (Phi) is 4.71. The normalized spacial score (nSPS) is 15.5. The van der Waals surface area contributed by atoms with Gasteiger partial charge in [0, 0.05) is 30.7 Å². The smallest absolute Gasteiger partial charge is 0.275 e. The van der Waals surface area contributed by atoms with Crippen LogP contribution in [0.4, 0.5) is 0 Å². The number of nitrogens with one attached hydrogen (secondary N) is 1. The summed E-state index contributed by atoms with van der Waals surface area (Å²) in [5.74, 6) is -0.134. The summed E-state index contributed by atoms with van der Waals surface area (Å²) in [4.78, 5) is 29.6. The Morgan fingerprint density at radius 3 is 3.04 bits per heavy atom. The van der Waals surface area contributed by atoms with E-state index in [0.29, 0.717) is 23.9 Å². The highest BCUT2D eigenvalue weighted by Gasteiger charge is 2.30. The molecule has 0 radical (unpaired) electrons. The quantitative estimate of drug-likeness (QED) is 0.888. The number of carbonyl (C=O) groups excluding carboxylic acids is 2. The van der Waals surface area contributed by atoms with Gasteiger partial charge in [0.15, 0.2) is 12.1 Å². The number of fused-ring (bicyclic) bond motifs is 1. The molecule has 1 N–H and O–H groups in total. The fraction of sp³-hybridized carbons (Fsp3) is 0.312. The van der Waals surface area contributed by atoms with Crippen molar-refractivity contribution >= 4 is 23.4 Å². The zero-order valence-corrected chi connectivity index (χ0v) is 13.7. The Morgan fingerprint density at radius 2 is 2.29 bits per heavy atom. The number of hydrogen-bond donors (Lipinski definition) is 1. The van der Waals surface area contributed by atoms with Crippen molar-refractivity contribution in [1.29, 1.82) is 0 Å². The number of oxazole rings is 1. The third-order valence-electron chi connectivity index (χ3n) is 3.81. The Bertz CT molecular complexity index is 748. The molecule has 0 saturated carbocycles. The van der Waals surface area contributed by atoms with E-state index in [9.17, 15) is 9.59 Å². The minimum atomic E-state index is -0.393. The van der Waals surface area contributed by atoms with Gasteiger partial charge in [0.1, 0.15) is 24.5 Å². The summed E-state index contributed by atoms with van der Waals surface area (Å²) >= 11 is 5.98. The van der Waals surface area contributed by atoms with Crippen molar-refractivity contribution in [3.63, 3.8) is 0 Å². The molecular formula is C16H16ClN3O4. The maximum absolute atomic E-state index is 12.3. The first-order chi connectivity index (χ1) is 11.6. The predicted molar refractivity (Wildman–Crippen MR) is 86.2 cm³/mol. The van der Waals surface area contributed by atoms with Crippen LogP contribution in [0, 0.1) is 0 Å². The molecule has 0 fully saturated rings. The van der Waals surface area contributed by atoms with Crippen molar-refractivity contribution in [3.8, 4) is 5.75 Å². The molecule has 1 aliphatic heterocycles. The Hall–Kier alpha value is -2.54.